The van der Waals surface area contributed by atoms with Crippen molar-refractivity contribution in [2.45, 2.75) is 45.8 Å². The molecular weight excluding hydrogens is 447 g/mol. The van der Waals surface area contributed by atoms with E-state index in [1.54, 1.807) is 18.7 Å². The van der Waals surface area contributed by atoms with Gasteiger partial charge in [0.2, 0.25) is 0 Å². The zero-order valence-electron chi connectivity index (χ0n) is 19.2. The van der Waals surface area contributed by atoms with E-state index in [0.717, 1.165) is 18.4 Å². The van der Waals surface area contributed by atoms with Gasteiger partial charge in [0.05, 0.1) is 22.9 Å². The van der Waals surface area contributed by atoms with Gasteiger partial charge in [-0.15, -0.1) is 0 Å². The number of aromatic nitrogens is 4. The van der Waals surface area contributed by atoms with Crippen LogP contribution >= 0.6 is 0 Å². The molecule has 180 valence electrons. The van der Waals surface area contributed by atoms with Gasteiger partial charge in [-0.05, 0) is 39.2 Å². The van der Waals surface area contributed by atoms with Crippen LogP contribution in [0.4, 0.5) is 13.2 Å². The van der Waals surface area contributed by atoms with Crippen molar-refractivity contribution in [1.82, 2.24) is 24.8 Å². The van der Waals surface area contributed by atoms with Gasteiger partial charge in [-0.3, -0.25) is 4.79 Å². The molecule has 34 heavy (non-hydrogen) atoms. The molecule has 10 heteroatoms. The molecule has 0 saturated carbocycles. The Morgan fingerprint density at radius 1 is 1.12 bits per heavy atom. The molecule has 1 aliphatic rings. The van der Waals surface area contributed by atoms with E-state index < -0.39 is 17.8 Å². The second-order valence-corrected chi connectivity index (χ2v) is 7.69. The number of carbonyl (C=O) groups is 1. The van der Waals surface area contributed by atoms with Crippen molar-refractivity contribution in [2.24, 2.45) is 0 Å². The van der Waals surface area contributed by atoms with Crippen LogP contribution in [0.15, 0.2) is 49.0 Å². The Morgan fingerprint density at radius 3 is 2.50 bits per heavy atom. The van der Waals surface area contributed by atoms with Crippen molar-refractivity contribution >= 4 is 11.5 Å². The van der Waals surface area contributed by atoms with Gasteiger partial charge in [0, 0.05) is 25.1 Å². The molecule has 0 bridgehead atoms. The summed E-state index contributed by atoms with van der Waals surface area (Å²) in [7, 11) is 0. The topological polar surface area (TPSA) is 81.1 Å². The van der Waals surface area contributed by atoms with Crippen LogP contribution in [-0.2, 0) is 6.18 Å². The van der Waals surface area contributed by atoms with E-state index in [4.69, 9.17) is 4.74 Å². The fourth-order valence-corrected chi connectivity index (χ4v) is 3.38. The summed E-state index contributed by atoms with van der Waals surface area (Å²) < 4.78 is 43.5. The lowest BCUT2D eigenvalue weighted by molar-refractivity contribution is -0.138. The van der Waals surface area contributed by atoms with Gasteiger partial charge in [0.15, 0.2) is 0 Å². The molecule has 0 N–H and O–H groups in total. The molecule has 2 heterocycles. The number of alkyl halides is 3. The molecular formula is C24H26F3N5O2. The smallest absolute Gasteiger partial charge is 0.419 e. The van der Waals surface area contributed by atoms with Crippen molar-refractivity contribution in [3.05, 3.63) is 71.6 Å². The minimum Gasteiger partial charge on any atom is -0.461 e. The molecule has 1 amide bonds. The zero-order valence-corrected chi connectivity index (χ0v) is 19.2. The average molecular weight is 473 g/mol. The summed E-state index contributed by atoms with van der Waals surface area (Å²) in [5.74, 6) is 0.283. The minimum absolute atomic E-state index is 0.000387. The van der Waals surface area contributed by atoms with E-state index in [1.807, 2.05) is 25.2 Å². The molecule has 7 nitrogen and oxygen atoms in total. The minimum atomic E-state index is -4.53. The summed E-state index contributed by atoms with van der Waals surface area (Å²) in [6.45, 7) is 5.75. The maximum atomic E-state index is 13.5. The molecule has 1 aliphatic carbocycles. The number of hydrogen-bond acceptors (Lipinski definition) is 6. The van der Waals surface area contributed by atoms with Crippen LogP contribution in [-0.4, -0.2) is 49.9 Å². The maximum absolute atomic E-state index is 13.5. The normalized spacial score (nSPS) is 15.6. The largest absolute Gasteiger partial charge is 0.461 e. The van der Waals surface area contributed by atoms with Gasteiger partial charge in [0.25, 0.3) is 5.91 Å². The Labute approximate surface area is 196 Å². The third-order valence-corrected chi connectivity index (χ3v) is 5.17. The zero-order chi connectivity index (χ0) is 24.7. The second-order valence-electron chi connectivity index (χ2n) is 7.69. The molecule has 0 fully saturated rings. The molecule has 0 saturated heterocycles. The number of hydrogen-bond donors (Lipinski definition) is 0. The first-order valence-electron chi connectivity index (χ1n) is 10.9. The van der Waals surface area contributed by atoms with Gasteiger partial charge in [-0.25, -0.2) is 19.9 Å². The monoisotopic (exact) mass is 473 g/mol. The Bertz CT molecular complexity index is 1090. The number of ether oxygens (including phenoxy) is 1. The predicted molar refractivity (Wildman–Crippen MR) is 121 cm³/mol. The van der Waals surface area contributed by atoms with E-state index in [0.29, 0.717) is 36.0 Å². The van der Waals surface area contributed by atoms with E-state index in [-0.39, 0.29) is 18.5 Å². The third kappa shape index (κ3) is 6.27. The van der Waals surface area contributed by atoms with Crippen LogP contribution in [0.5, 0.6) is 6.01 Å². The molecule has 0 radical (unpaired) electrons. The summed E-state index contributed by atoms with van der Waals surface area (Å²) >= 11 is 0. The third-order valence-electron chi connectivity index (χ3n) is 5.17. The summed E-state index contributed by atoms with van der Waals surface area (Å²) in [5, 5.41) is 0. The van der Waals surface area contributed by atoms with Crippen LogP contribution in [0.25, 0.3) is 5.57 Å². The van der Waals surface area contributed by atoms with Crippen molar-refractivity contribution < 1.29 is 22.7 Å². The Kier molecular flexibility index (Phi) is 8.14. The highest BCUT2D eigenvalue weighted by molar-refractivity contribution is 5.99. The Balaban J connectivity index is 1.78. The fourth-order valence-electron chi connectivity index (χ4n) is 3.38. The molecule has 2 aromatic rings. The molecule has 2 aromatic heterocycles. The van der Waals surface area contributed by atoms with Crippen LogP contribution in [0, 0.1) is 6.92 Å². The summed E-state index contributed by atoms with van der Waals surface area (Å²) in [6, 6.07) is -0.608. The van der Waals surface area contributed by atoms with Crippen LogP contribution in [0.3, 0.4) is 0 Å². The number of nitrogens with zero attached hydrogens (tertiary/aromatic N) is 5. The van der Waals surface area contributed by atoms with Crippen molar-refractivity contribution in [3.8, 4) is 6.01 Å². The van der Waals surface area contributed by atoms with Gasteiger partial charge in [-0.2, -0.15) is 13.2 Å². The predicted octanol–water partition coefficient (Wildman–Crippen LogP) is 4.81. The maximum Gasteiger partial charge on any atom is 0.419 e. The lowest BCUT2D eigenvalue weighted by Gasteiger charge is -2.28. The molecule has 0 aliphatic heterocycles. The van der Waals surface area contributed by atoms with Crippen LogP contribution < -0.4 is 4.74 Å². The van der Waals surface area contributed by atoms with E-state index in [2.05, 4.69) is 32.1 Å². The van der Waals surface area contributed by atoms with E-state index in [9.17, 15) is 18.0 Å². The van der Waals surface area contributed by atoms with E-state index in [1.165, 1.54) is 6.20 Å². The molecule has 0 aromatic carbocycles. The summed E-state index contributed by atoms with van der Waals surface area (Å²) in [6.07, 6.45) is 9.95. The SMILES string of the molecule is CCN(C(=O)c1cnc(C)nc1C1=CC/C=C\CC=C1)[C@@H](C)COc1ncc(C(F)(F)F)cn1. The van der Waals surface area contributed by atoms with Crippen LogP contribution in [0.2, 0.25) is 0 Å². The van der Waals surface area contributed by atoms with Crippen molar-refractivity contribution in [1.29, 1.82) is 0 Å². The number of aryl methyl sites for hydroxylation is 1. The van der Waals surface area contributed by atoms with Gasteiger partial charge in [0.1, 0.15) is 12.4 Å². The second kappa shape index (κ2) is 11.0. The van der Waals surface area contributed by atoms with Crippen LogP contribution in [0.1, 0.15) is 54.1 Å². The van der Waals surface area contributed by atoms with E-state index >= 15 is 0 Å². The highest BCUT2D eigenvalue weighted by atomic mass is 19.4. The van der Waals surface area contributed by atoms with Gasteiger partial charge >= 0.3 is 12.2 Å². The first-order valence-corrected chi connectivity index (χ1v) is 10.9. The highest BCUT2D eigenvalue weighted by Gasteiger charge is 2.31. The summed E-state index contributed by atoms with van der Waals surface area (Å²) in [5.41, 5.74) is 0.807. The van der Waals surface area contributed by atoms with Crippen molar-refractivity contribution in [2.75, 3.05) is 13.2 Å². The molecule has 0 unspecified atom stereocenters. The number of rotatable bonds is 7. The summed E-state index contributed by atoms with van der Waals surface area (Å²) in [4.78, 5) is 31.1. The van der Waals surface area contributed by atoms with Crippen molar-refractivity contribution in [3.63, 3.8) is 0 Å². The standard InChI is InChI=1S/C24H26F3N5O2/c1-4-32(16(2)15-34-23-29-12-19(13-30-23)24(25,26)27)22(33)20-14-28-17(3)31-21(20)18-10-8-6-5-7-9-11-18/h5-6,9-14,16H,4,7-8,15H2,1-3H3/b6-5-,11-9?,18-10?/t16-/m0/s1. The fraction of sp³-hybridized carbons (Fsp3) is 0.375. The number of amides is 1. The molecule has 1 atom stereocenters. The molecule has 0 spiro atoms. The number of allylic oxidation sites excluding steroid dienone is 6. The average Bonchev–Trinajstić information content (AvgIpc) is 2.77. The number of carbonyl (C=O) groups excluding carboxylic acids is 1. The number of likely N-dealkylation sites (N-methyl/N-ethyl adjacent to an activating group) is 1. The molecule has 3 rings (SSSR count). The van der Waals surface area contributed by atoms with Gasteiger partial charge in [-0.1, -0.05) is 30.4 Å². The lowest BCUT2D eigenvalue weighted by atomic mass is 10.0. The first-order chi connectivity index (χ1) is 16.2. The first kappa shape index (κ1) is 25.1. The van der Waals surface area contributed by atoms with Gasteiger partial charge < -0.3 is 9.64 Å². The Morgan fingerprint density at radius 2 is 1.82 bits per heavy atom. The number of halogens is 3. The Hall–Kier alpha value is -3.56. The lowest BCUT2D eigenvalue weighted by Crippen LogP contribution is -2.42. The quantitative estimate of drug-likeness (QED) is 0.537. The highest BCUT2D eigenvalue weighted by Crippen LogP contribution is 2.28.